The zero-order valence-electron chi connectivity index (χ0n) is 7.12. The summed E-state index contributed by atoms with van der Waals surface area (Å²) in [5, 5.41) is 12.0. The van der Waals surface area contributed by atoms with Crippen LogP contribution < -0.4 is 11.1 Å². The predicted octanol–water partition coefficient (Wildman–Crippen LogP) is 0.254. The van der Waals surface area contributed by atoms with E-state index in [0.29, 0.717) is 5.03 Å². The van der Waals surface area contributed by atoms with Crippen molar-refractivity contribution >= 4 is 17.6 Å². The molecule has 0 aliphatic heterocycles. The van der Waals surface area contributed by atoms with Crippen LogP contribution in [0.3, 0.4) is 0 Å². The Kier molecular flexibility index (Phi) is 2.75. The molecule has 13 heavy (non-hydrogen) atoms. The SMILES string of the molecule is CNC1(N)C=CC(Cl)=CC1C(=O)O. The second-order valence-electron chi connectivity index (χ2n) is 2.88. The highest BCUT2D eigenvalue weighted by molar-refractivity contribution is 6.31. The smallest absolute Gasteiger partial charge is 0.314 e. The lowest BCUT2D eigenvalue weighted by Crippen LogP contribution is -2.58. The van der Waals surface area contributed by atoms with Gasteiger partial charge in [-0.25, -0.2) is 0 Å². The van der Waals surface area contributed by atoms with Crippen LogP contribution in [0.2, 0.25) is 0 Å². The van der Waals surface area contributed by atoms with Crippen molar-refractivity contribution in [3.05, 3.63) is 23.3 Å². The van der Waals surface area contributed by atoms with Gasteiger partial charge in [-0.1, -0.05) is 11.6 Å². The Labute approximate surface area is 81.1 Å². The van der Waals surface area contributed by atoms with Gasteiger partial charge in [0.2, 0.25) is 0 Å². The van der Waals surface area contributed by atoms with E-state index in [1.165, 1.54) is 6.08 Å². The maximum absolute atomic E-state index is 10.8. The Bertz CT molecular complexity index is 288. The summed E-state index contributed by atoms with van der Waals surface area (Å²) in [6.45, 7) is 0. The first-order valence-corrected chi connectivity index (χ1v) is 4.14. The Balaban J connectivity index is 3.01. The van der Waals surface area contributed by atoms with E-state index in [0.717, 1.165) is 0 Å². The van der Waals surface area contributed by atoms with Crippen molar-refractivity contribution < 1.29 is 9.90 Å². The zero-order valence-corrected chi connectivity index (χ0v) is 7.88. The van der Waals surface area contributed by atoms with E-state index in [1.54, 1.807) is 19.2 Å². The Morgan fingerprint density at radius 2 is 2.46 bits per heavy atom. The maximum atomic E-state index is 10.8. The van der Waals surface area contributed by atoms with Gasteiger partial charge >= 0.3 is 5.97 Å². The van der Waals surface area contributed by atoms with Gasteiger partial charge in [0.25, 0.3) is 0 Å². The number of carboxylic acids is 1. The second-order valence-corrected chi connectivity index (χ2v) is 3.32. The third kappa shape index (κ3) is 1.91. The molecule has 0 bridgehead atoms. The highest BCUT2D eigenvalue weighted by Gasteiger charge is 2.37. The minimum Gasteiger partial charge on any atom is -0.481 e. The molecule has 0 aromatic carbocycles. The molecule has 0 aromatic rings. The average molecular weight is 203 g/mol. The molecule has 0 amide bonds. The summed E-state index contributed by atoms with van der Waals surface area (Å²) in [5.41, 5.74) is 4.73. The number of carboxylic acid groups (broad SMARTS) is 1. The number of nitrogens with one attached hydrogen (secondary N) is 1. The van der Waals surface area contributed by atoms with Crippen molar-refractivity contribution in [1.82, 2.24) is 5.32 Å². The van der Waals surface area contributed by atoms with E-state index in [4.69, 9.17) is 22.4 Å². The first-order valence-electron chi connectivity index (χ1n) is 3.77. The van der Waals surface area contributed by atoms with Gasteiger partial charge in [-0.2, -0.15) is 0 Å². The normalized spacial score (nSPS) is 32.8. The molecular formula is C8H11ClN2O2. The summed E-state index contributed by atoms with van der Waals surface area (Å²) in [4.78, 5) is 10.8. The van der Waals surface area contributed by atoms with Gasteiger partial charge in [-0.15, -0.1) is 0 Å². The number of aliphatic carboxylic acids is 1. The third-order valence-corrected chi connectivity index (χ3v) is 2.31. The summed E-state index contributed by atoms with van der Waals surface area (Å²) >= 11 is 5.67. The Morgan fingerprint density at radius 3 is 2.92 bits per heavy atom. The molecule has 0 saturated carbocycles. The standard InChI is InChI=1S/C8H11ClN2O2/c1-11-8(10)3-2-5(9)4-6(8)7(12)13/h2-4,6,11H,10H2,1H3,(H,12,13). The van der Waals surface area contributed by atoms with Crippen molar-refractivity contribution in [3.8, 4) is 0 Å². The largest absolute Gasteiger partial charge is 0.481 e. The summed E-state index contributed by atoms with van der Waals surface area (Å²) in [7, 11) is 1.60. The first kappa shape index (κ1) is 10.2. The molecule has 4 nitrogen and oxygen atoms in total. The number of likely N-dealkylation sites (N-methyl/N-ethyl adjacent to an activating group) is 1. The van der Waals surface area contributed by atoms with E-state index < -0.39 is 17.6 Å². The van der Waals surface area contributed by atoms with Crippen molar-refractivity contribution in [2.45, 2.75) is 5.66 Å². The quantitative estimate of drug-likeness (QED) is 0.562. The molecule has 2 atom stereocenters. The van der Waals surface area contributed by atoms with Crippen LogP contribution in [0, 0.1) is 5.92 Å². The van der Waals surface area contributed by atoms with E-state index in [2.05, 4.69) is 5.32 Å². The van der Waals surface area contributed by atoms with Gasteiger partial charge in [0.05, 0.1) is 0 Å². The highest BCUT2D eigenvalue weighted by Crippen LogP contribution is 2.24. The summed E-state index contributed by atoms with van der Waals surface area (Å²) < 4.78 is 0. The zero-order chi connectivity index (χ0) is 10.1. The number of rotatable bonds is 2. The molecule has 4 N–H and O–H groups in total. The molecule has 0 saturated heterocycles. The molecule has 1 rings (SSSR count). The minimum atomic E-state index is -1.05. The van der Waals surface area contributed by atoms with Crippen LogP contribution in [0.4, 0.5) is 0 Å². The second kappa shape index (κ2) is 3.49. The summed E-state index contributed by atoms with van der Waals surface area (Å²) in [6.07, 6.45) is 4.55. The van der Waals surface area contributed by atoms with Crippen LogP contribution in [0.1, 0.15) is 0 Å². The molecule has 0 spiro atoms. The fourth-order valence-electron chi connectivity index (χ4n) is 1.19. The van der Waals surface area contributed by atoms with Gasteiger partial charge in [-0.3, -0.25) is 10.1 Å². The third-order valence-electron chi connectivity index (χ3n) is 2.06. The molecule has 0 aromatic heterocycles. The number of halogens is 1. The Morgan fingerprint density at radius 1 is 1.85 bits per heavy atom. The topological polar surface area (TPSA) is 75.3 Å². The molecule has 72 valence electrons. The van der Waals surface area contributed by atoms with Gasteiger partial charge in [-0.05, 0) is 25.3 Å². The van der Waals surface area contributed by atoms with E-state index in [9.17, 15) is 4.79 Å². The molecular weight excluding hydrogens is 192 g/mol. The van der Waals surface area contributed by atoms with Gasteiger partial charge in [0.15, 0.2) is 0 Å². The highest BCUT2D eigenvalue weighted by atomic mass is 35.5. The lowest BCUT2D eigenvalue weighted by molar-refractivity contribution is -0.141. The molecule has 0 fully saturated rings. The number of nitrogens with two attached hydrogens (primary N) is 1. The Hall–Kier alpha value is -0.840. The number of carbonyl (C=O) groups is 1. The summed E-state index contributed by atoms with van der Waals surface area (Å²) in [5.74, 6) is -1.84. The lowest BCUT2D eigenvalue weighted by atomic mass is 9.89. The van der Waals surface area contributed by atoms with Crippen LogP contribution in [0.5, 0.6) is 0 Å². The van der Waals surface area contributed by atoms with Crippen molar-refractivity contribution in [3.63, 3.8) is 0 Å². The fourth-order valence-corrected chi connectivity index (χ4v) is 1.38. The van der Waals surface area contributed by atoms with E-state index >= 15 is 0 Å². The van der Waals surface area contributed by atoms with Gasteiger partial charge in [0, 0.05) is 5.03 Å². The number of hydrogen-bond donors (Lipinski definition) is 3. The van der Waals surface area contributed by atoms with Crippen LogP contribution in [-0.2, 0) is 4.79 Å². The number of allylic oxidation sites excluding steroid dienone is 2. The van der Waals surface area contributed by atoms with Gasteiger partial charge in [0.1, 0.15) is 11.6 Å². The van der Waals surface area contributed by atoms with Crippen molar-refractivity contribution in [1.29, 1.82) is 0 Å². The van der Waals surface area contributed by atoms with Crippen LogP contribution in [0.25, 0.3) is 0 Å². The lowest BCUT2D eigenvalue weighted by Gasteiger charge is -2.32. The minimum absolute atomic E-state index is 0.392. The molecule has 1 aliphatic carbocycles. The average Bonchev–Trinajstić information content (AvgIpc) is 2.09. The van der Waals surface area contributed by atoms with Crippen LogP contribution >= 0.6 is 11.6 Å². The molecule has 1 aliphatic rings. The monoisotopic (exact) mass is 202 g/mol. The van der Waals surface area contributed by atoms with Crippen LogP contribution in [-0.4, -0.2) is 23.8 Å². The first-order chi connectivity index (χ1) is 5.99. The summed E-state index contributed by atoms with van der Waals surface area (Å²) in [6, 6.07) is 0. The molecule has 5 heteroatoms. The maximum Gasteiger partial charge on any atom is 0.314 e. The predicted molar refractivity (Wildman–Crippen MR) is 50.2 cm³/mol. The van der Waals surface area contributed by atoms with Gasteiger partial charge < -0.3 is 10.8 Å². The molecule has 0 heterocycles. The van der Waals surface area contributed by atoms with Crippen LogP contribution in [0.15, 0.2) is 23.3 Å². The van der Waals surface area contributed by atoms with Crippen molar-refractivity contribution in [2.24, 2.45) is 11.7 Å². The molecule has 0 radical (unpaired) electrons. The van der Waals surface area contributed by atoms with E-state index in [1.807, 2.05) is 0 Å². The van der Waals surface area contributed by atoms with E-state index in [-0.39, 0.29) is 0 Å². The fraction of sp³-hybridized carbons (Fsp3) is 0.375. The van der Waals surface area contributed by atoms with Crippen molar-refractivity contribution in [2.75, 3.05) is 7.05 Å². The number of hydrogen-bond acceptors (Lipinski definition) is 3. The molecule has 2 unspecified atom stereocenters.